The van der Waals surface area contributed by atoms with E-state index in [4.69, 9.17) is 4.42 Å². The van der Waals surface area contributed by atoms with E-state index in [0.29, 0.717) is 24.9 Å². The molecule has 0 spiro atoms. The predicted octanol–water partition coefficient (Wildman–Crippen LogP) is 1.10. The molecule has 9 heteroatoms. The summed E-state index contributed by atoms with van der Waals surface area (Å²) in [4.78, 5) is 36.2. The van der Waals surface area contributed by atoms with Crippen LogP contribution in [-0.2, 0) is 11.3 Å². The molecule has 2 aromatic rings. The molecule has 3 rings (SSSR count). The van der Waals surface area contributed by atoms with Gasteiger partial charge in [-0.1, -0.05) is 0 Å². The molecule has 9 nitrogen and oxygen atoms in total. The smallest absolute Gasteiger partial charge is 0.407 e. The lowest BCUT2D eigenvalue weighted by Gasteiger charge is -2.23. The molecule has 1 amide bonds. The lowest BCUT2D eigenvalue weighted by molar-refractivity contribution is -0.384. The standard InChI is InChI=1S/C16H20N4O5/c1-18(12-6-7-17-10-12)15(21)3-2-8-19-13-5-4-11(20(23)24)9-14(13)25-16(19)22/h4-5,9,12,17H,2-3,6-8,10H2,1H3. The van der Waals surface area contributed by atoms with Crippen LogP contribution in [0.2, 0.25) is 0 Å². The van der Waals surface area contributed by atoms with Crippen molar-refractivity contribution in [2.75, 3.05) is 20.1 Å². The minimum Gasteiger partial charge on any atom is -0.407 e. The van der Waals surface area contributed by atoms with Crippen molar-refractivity contribution in [2.45, 2.75) is 31.8 Å². The predicted molar refractivity (Wildman–Crippen MR) is 90.4 cm³/mol. The second kappa shape index (κ2) is 7.06. The third-order valence-corrected chi connectivity index (χ3v) is 4.61. The third-order valence-electron chi connectivity index (χ3n) is 4.61. The molecule has 0 radical (unpaired) electrons. The molecular formula is C16H20N4O5. The molecule has 134 valence electrons. The number of aryl methyl sites for hydroxylation is 1. The van der Waals surface area contributed by atoms with Gasteiger partial charge >= 0.3 is 5.76 Å². The van der Waals surface area contributed by atoms with Crippen LogP contribution in [0, 0.1) is 10.1 Å². The summed E-state index contributed by atoms with van der Waals surface area (Å²) in [6.07, 6.45) is 1.78. The Kier molecular flexibility index (Phi) is 4.84. The number of benzene rings is 1. The number of carbonyl (C=O) groups is 1. The second-order valence-electron chi connectivity index (χ2n) is 6.18. The number of nitrogens with zero attached hydrogens (tertiary/aromatic N) is 3. The van der Waals surface area contributed by atoms with Gasteiger partial charge in [-0.05, 0) is 25.5 Å². The molecule has 1 N–H and O–H groups in total. The number of nitro groups is 1. The maximum absolute atomic E-state index is 12.2. The summed E-state index contributed by atoms with van der Waals surface area (Å²) in [7, 11) is 1.80. The van der Waals surface area contributed by atoms with Crippen molar-refractivity contribution >= 4 is 22.7 Å². The van der Waals surface area contributed by atoms with Gasteiger partial charge in [-0.25, -0.2) is 4.79 Å². The number of nitro benzene ring substituents is 1. The van der Waals surface area contributed by atoms with Gasteiger partial charge in [-0.3, -0.25) is 19.5 Å². The zero-order valence-corrected chi connectivity index (χ0v) is 13.9. The van der Waals surface area contributed by atoms with E-state index in [2.05, 4.69) is 5.32 Å². The summed E-state index contributed by atoms with van der Waals surface area (Å²) < 4.78 is 6.48. The maximum Gasteiger partial charge on any atom is 0.419 e. The van der Waals surface area contributed by atoms with Crippen LogP contribution < -0.4 is 11.1 Å². The number of amides is 1. The topological polar surface area (TPSA) is 111 Å². The largest absolute Gasteiger partial charge is 0.419 e. The van der Waals surface area contributed by atoms with E-state index in [9.17, 15) is 19.7 Å². The van der Waals surface area contributed by atoms with Crippen LogP contribution in [0.5, 0.6) is 0 Å². The van der Waals surface area contributed by atoms with E-state index in [1.165, 1.54) is 22.8 Å². The summed E-state index contributed by atoms with van der Waals surface area (Å²) in [5, 5.41) is 14.0. The first kappa shape index (κ1) is 17.2. The van der Waals surface area contributed by atoms with Crippen LogP contribution in [0.15, 0.2) is 27.4 Å². The van der Waals surface area contributed by atoms with Crippen molar-refractivity contribution in [1.82, 2.24) is 14.8 Å². The molecule has 0 saturated carbocycles. The average Bonchev–Trinajstić information content (AvgIpc) is 3.21. The normalized spacial score (nSPS) is 17.1. The van der Waals surface area contributed by atoms with E-state index in [-0.39, 0.29) is 23.2 Å². The van der Waals surface area contributed by atoms with Gasteiger partial charge in [0.25, 0.3) is 5.69 Å². The third kappa shape index (κ3) is 3.55. The highest BCUT2D eigenvalue weighted by molar-refractivity contribution is 5.77. The highest BCUT2D eigenvalue weighted by Gasteiger charge is 2.23. The number of rotatable bonds is 6. The molecule has 1 aromatic carbocycles. The summed E-state index contributed by atoms with van der Waals surface area (Å²) >= 11 is 0. The van der Waals surface area contributed by atoms with E-state index < -0.39 is 10.7 Å². The van der Waals surface area contributed by atoms with E-state index in [1.54, 1.807) is 11.9 Å². The first-order valence-electron chi connectivity index (χ1n) is 8.21. The number of nitrogens with one attached hydrogen (secondary N) is 1. The van der Waals surface area contributed by atoms with Crippen molar-refractivity contribution in [1.29, 1.82) is 0 Å². The van der Waals surface area contributed by atoms with Crippen molar-refractivity contribution in [3.05, 3.63) is 38.9 Å². The van der Waals surface area contributed by atoms with Crippen LogP contribution in [0.25, 0.3) is 11.1 Å². The Bertz CT molecular complexity index is 850. The van der Waals surface area contributed by atoms with Gasteiger partial charge < -0.3 is 14.6 Å². The Balaban J connectivity index is 1.65. The van der Waals surface area contributed by atoms with Crippen LogP contribution >= 0.6 is 0 Å². The molecule has 0 aliphatic carbocycles. The monoisotopic (exact) mass is 348 g/mol. The Morgan fingerprint density at radius 1 is 1.52 bits per heavy atom. The number of hydrogen-bond donors (Lipinski definition) is 1. The van der Waals surface area contributed by atoms with Gasteiger partial charge in [-0.2, -0.15) is 0 Å². The number of carbonyl (C=O) groups excluding carboxylic acids is 1. The van der Waals surface area contributed by atoms with Crippen molar-refractivity contribution in [2.24, 2.45) is 0 Å². The van der Waals surface area contributed by atoms with Gasteiger partial charge in [-0.15, -0.1) is 0 Å². The molecule has 25 heavy (non-hydrogen) atoms. The Morgan fingerprint density at radius 3 is 3.00 bits per heavy atom. The van der Waals surface area contributed by atoms with Crippen LogP contribution in [0.1, 0.15) is 19.3 Å². The number of aromatic nitrogens is 1. The van der Waals surface area contributed by atoms with Crippen LogP contribution in [-0.4, -0.2) is 46.5 Å². The Morgan fingerprint density at radius 2 is 2.32 bits per heavy atom. The van der Waals surface area contributed by atoms with Crippen LogP contribution in [0.4, 0.5) is 5.69 Å². The lowest BCUT2D eigenvalue weighted by Crippen LogP contribution is -2.38. The van der Waals surface area contributed by atoms with Gasteiger partial charge in [0.2, 0.25) is 5.91 Å². The second-order valence-corrected chi connectivity index (χ2v) is 6.18. The lowest BCUT2D eigenvalue weighted by atomic mass is 10.2. The Hall–Kier alpha value is -2.68. The average molecular weight is 348 g/mol. The molecule has 1 aromatic heterocycles. The summed E-state index contributed by atoms with van der Waals surface area (Å²) in [6, 6.07) is 4.29. The minimum absolute atomic E-state index is 0.0465. The summed E-state index contributed by atoms with van der Waals surface area (Å²) in [5.74, 6) is -0.526. The van der Waals surface area contributed by atoms with Crippen molar-refractivity contribution in [3.63, 3.8) is 0 Å². The maximum atomic E-state index is 12.2. The fourth-order valence-electron chi connectivity index (χ4n) is 3.12. The zero-order chi connectivity index (χ0) is 18.0. The first-order valence-corrected chi connectivity index (χ1v) is 8.21. The molecule has 1 saturated heterocycles. The number of fused-ring (bicyclic) bond motifs is 1. The van der Waals surface area contributed by atoms with Gasteiger partial charge in [0.1, 0.15) is 0 Å². The highest BCUT2D eigenvalue weighted by atomic mass is 16.6. The van der Waals surface area contributed by atoms with E-state index in [1.807, 2.05) is 0 Å². The van der Waals surface area contributed by atoms with Gasteiger partial charge in [0.15, 0.2) is 5.58 Å². The van der Waals surface area contributed by atoms with E-state index >= 15 is 0 Å². The van der Waals surface area contributed by atoms with Crippen molar-refractivity contribution in [3.8, 4) is 0 Å². The summed E-state index contributed by atoms with van der Waals surface area (Å²) in [5.41, 5.74) is 0.548. The number of likely N-dealkylation sites (N-methyl/N-ethyl adjacent to an activating group) is 1. The SMILES string of the molecule is CN(C(=O)CCCn1c(=O)oc2cc([N+](=O)[O-])ccc21)C1CCNC1. The molecule has 2 heterocycles. The number of oxazole rings is 1. The van der Waals surface area contributed by atoms with E-state index in [0.717, 1.165) is 19.5 Å². The summed E-state index contributed by atoms with van der Waals surface area (Å²) in [6.45, 7) is 2.06. The molecule has 0 bridgehead atoms. The Labute approximate surface area is 143 Å². The highest BCUT2D eigenvalue weighted by Crippen LogP contribution is 2.20. The molecule has 1 atom stereocenters. The van der Waals surface area contributed by atoms with Crippen molar-refractivity contribution < 1.29 is 14.1 Å². The molecule has 1 aliphatic heterocycles. The molecule has 1 fully saturated rings. The molecular weight excluding hydrogens is 328 g/mol. The molecule has 1 aliphatic rings. The quantitative estimate of drug-likeness (QED) is 0.618. The first-order chi connectivity index (χ1) is 12.0. The van der Waals surface area contributed by atoms with Gasteiger partial charge in [0.05, 0.1) is 16.5 Å². The zero-order valence-electron chi connectivity index (χ0n) is 13.9. The fraction of sp³-hybridized carbons (Fsp3) is 0.500. The van der Waals surface area contributed by atoms with Gasteiger partial charge in [0, 0.05) is 38.7 Å². The number of hydrogen-bond acceptors (Lipinski definition) is 6. The number of non-ortho nitro benzene ring substituents is 1. The minimum atomic E-state index is -0.573. The fourth-order valence-corrected chi connectivity index (χ4v) is 3.12. The van der Waals surface area contributed by atoms with Crippen LogP contribution in [0.3, 0.4) is 0 Å². The molecule has 1 unspecified atom stereocenters.